The summed E-state index contributed by atoms with van der Waals surface area (Å²) in [5.41, 5.74) is 2.33. The van der Waals surface area contributed by atoms with Crippen LogP contribution in [0.4, 0.5) is 0 Å². The Bertz CT molecular complexity index is 1540. The van der Waals surface area contributed by atoms with E-state index in [1.165, 1.54) is 25.3 Å². The summed E-state index contributed by atoms with van der Waals surface area (Å²) < 4.78 is 22.3. The molecule has 2 aromatic carbocycles. The summed E-state index contributed by atoms with van der Waals surface area (Å²) in [5.74, 6) is -4.38. The third-order valence-electron chi connectivity index (χ3n) is 8.76. The topological polar surface area (TPSA) is 212 Å². The third-order valence-corrected chi connectivity index (χ3v) is 8.76. The minimum Gasteiger partial charge on any atom is -0.507 e. The molecule has 1 fully saturated rings. The maximum Gasteiger partial charge on any atom is 0.306 e. The number of esters is 1. The summed E-state index contributed by atoms with van der Waals surface area (Å²) in [6.45, 7) is 2.70. The number of methoxy groups -OCH3 is 1. The van der Waals surface area contributed by atoms with Crippen LogP contribution in [0.25, 0.3) is 0 Å². The van der Waals surface area contributed by atoms with Crippen LogP contribution in [0.1, 0.15) is 95.0 Å². The highest BCUT2D eigenvalue weighted by Gasteiger charge is 2.50. The Labute approximate surface area is 258 Å². The number of carbonyl (C=O) groups is 4. The lowest BCUT2D eigenvalue weighted by Gasteiger charge is -2.42. The number of Topliss-reactive ketones (excluding diaryl/α,β-unsaturated/α-hetero) is 1. The van der Waals surface area contributed by atoms with Gasteiger partial charge in [0.15, 0.2) is 18.7 Å². The monoisotopic (exact) mass is 627 g/mol. The minimum absolute atomic E-state index is 0.00156. The van der Waals surface area contributed by atoms with Gasteiger partial charge < -0.3 is 45.1 Å². The highest BCUT2D eigenvalue weighted by molar-refractivity contribution is 6.31. The second-order valence-corrected chi connectivity index (χ2v) is 11.8. The Hall–Kier alpha value is -3.88. The van der Waals surface area contributed by atoms with Crippen LogP contribution in [0, 0.1) is 0 Å². The summed E-state index contributed by atoms with van der Waals surface area (Å²) in [6, 6.07) is 3.61. The number of phenols is 2. The van der Waals surface area contributed by atoms with Gasteiger partial charge in [0.25, 0.3) is 0 Å². The molecule has 1 aliphatic heterocycles. The van der Waals surface area contributed by atoms with Crippen LogP contribution in [0.3, 0.4) is 0 Å². The maximum atomic E-state index is 13.8. The average molecular weight is 628 g/mol. The number of nitrogens with two attached hydrogens (primary N) is 1. The van der Waals surface area contributed by atoms with Gasteiger partial charge in [-0.25, -0.2) is 0 Å². The van der Waals surface area contributed by atoms with Gasteiger partial charge in [-0.2, -0.15) is 0 Å². The van der Waals surface area contributed by atoms with E-state index in [0.717, 1.165) is 6.42 Å². The fraction of sp³-hybridized carbons (Fsp3) is 0.500. The predicted molar refractivity (Wildman–Crippen MR) is 155 cm³/mol. The standard InChI is InChI=1S/C32H37NO12/c1-4-5-9-21(35)43-13-20(34)32(41)11-16-24(19(12-32)45-22-10-17(33)27(36)14(2)44-22)31(40)26-25(29(16)38)28(37)15-7-6-8-18(42-3)23(15)30(26)39/h6-8,14,17,19,22,27,36,38,40-41H,4-5,9-13,33H2,1-3H3/t14-,17-,19-,22-,27+,32-/m0/s1. The minimum atomic E-state index is -2.29. The number of hydrogen-bond donors (Lipinski definition) is 5. The fourth-order valence-corrected chi connectivity index (χ4v) is 6.28. The Balaban J connectivity index is 1.60. The molecule has 6 N–H and O–H groups in total. The molecule has 1 heterocycles. The number of unbranched alkanes of at least 4 members (excludes halogenated alkanes) is 1. The molecule has 2 aromatic rings. The lowest BCUT2D eigenvalue weighted by atomic mass is 9.72. The highest BCUT2D eigenvalue weighted by Crippen LogP contribution is 2.52. The molecular formula is C32H37NO12. The molecule has 1 saturated heterocycles. The Morgan fingerprint density at radius 1 is 1.11 bits per heavy atom. The van der Waals surface area contributed by atoms with Gasteiger partial charge in [0, 0.05) is 48.4 Å². The SMILES string of the molecule is CCCCC(=O)OCC(=O)[C@]1(O)Cc2c(O)c3c(c(O)c2[C@@H](O[C@H]2C[C@H](N)[C@H](O)[C@H](C)O2)C1)C(=O)c1c(OC)cccc1C3=O. The number of carbonyl (C=O) groups excluding carboxylic acids is 4. The first-order chi connectivity index (χ1) is 21.3. The van der Waals surface area contributed by atoms with E-state index < -0.39 is 102 Å². The molecule has 2 aliphatic carbocycles. The molecule has 0 saturated carbocycles. The molecule has 3 aliphatic rings. The lowest BCUT2D eigenvalue weighted by Crippen LogP contribution is -2.53. The summed E-state index contributed by atoms with van der Waals surface area (Å²) in [6.07, 6.45) is -3.92. The number of fused-ring (bicyclic) bond motifs is 3. The number of aromatic hydroxyl groups is 2. The van der Waals surface area contributed by atoms with Gasteiger partial charge in [0.05, 0.1) is 42.1 Å². The smallest absolute Gasteiger partial charge is 0.306 e. The van der Waals surface area contributed by atoms with Crippen molar-refractivity contribution in [1.82, 2.24) is 0 Å². The van der Waals surface area contributed by atoms with Gasteiger partial charge in [-0.1, -0.05) is 25.5 Å². The van der Waals surface area contributed by atoms with Crippen LogP contribution < -0.4 is 10.5 Å². The predicted octanol–water partition coefficient (Wildman–Crippen LogP) is 1.74. The average Bonchev–Trinajstić information content (AvgIpc) is 3.01. The number of hydrogen-bond acceptors (Lipinski definition) is 13. The van der Waals surface area contributed by atoms with Crippen molar-refractivity contribution in [3.8, 4) is 17.2 Å². The van der Waals surface area contributed by atoms with Crippen molar-refractivity contribution in [1.29, 1.82) is 0 Å². The summed E-state index contributed by atoms with van der Waals surface area (Å²) in [5, 5.41) is 45.1. The van der Waals surface area contributed by atoms with Crippen LogP contribution in [0.5, 0.6) is 17.2 Å². The van der Waals surface area contributed by atoms with Crippen LogP contribution in [0.15, 0.2) is 18.2 Å². The number of aliphatic hydroxyl groups excluding tert-OH is 1. The Kier molecular flexibility index (Phi) is 9.02. The van der Waals surface area contributed by atoms with Gasteiger partial charge in [-0.15, -0.1) is 0 Å². The van der Waals surface area contributed by atoms with Crippen molar-refractivity contribution in [2.24, 2.45) is 5.73 Å². The molecule has 0 radical (unpaired) electrons. The molecule has 45 heavy (non-hydrogen) atoms. The second-order valence-electron chi connectivity index (χ2n) is 11.8. The molecule has 5 rings (SSSR count). The first-order valence-corrected chi connectivity index (χ1v) is 14.9. The molecule has 0 aromatic heterocycles. The molecule has 242 valence electrons. The zero-order valence-electron chi connectivity index (χ0n) is 25.2. The first kappa shape index (κ1) is 32.5. The van der Waals surface area contributed by atoms with Gasteiger partial charge in [0.2, 0.25) is 11.6 Å². The van der Waals surface area contributed by atoms with E-state index in [0.29, 0.717) is 6.42 Å². The zero-order valence-corrected chi connectivity index (χ0v) is 25.2. The molecule has 6 atom stereocenters. The number of phenolic OH excluding ortho intramolecular Hbond substituents is 2. The maximum absolute atomic E-state index is 13.8. The van der Waals surface area contributed by atoms with Crippen LogP contribution in [-0.2, 0) is 30.2 Å². The van der Waals surface area contributed by atoms with Crippen molar-refractivity contribution in [3.05, 3.63) is 51.6 Å². The molecule has 0 amide bonds. The molecule has 13 nitrogen and oxygen atoms in total. The van der Waals surface area contributed by atoms with E-state index >= 15 is 0 Å². The number of benzene rings is 2. The summed E-state index contributed by atoms with van der Waals surface area (Å²) in [4.78, 5) is 53.0. The zero-order chi connectivity index (χ0) is 32.8. The molecule has 0 bridgehead atoms. The molecular weight excluding hydrogens is 590 g/mol. The molecule has 13 heteroatoms. The van der Waals surface area contributed by atoms with E-state index in [4.69, 9.17) is 24.7 Å². The van der Waals surface area contributed by atoms with E-state index in [2.05, 4.69) is 0 Å². The van der Waals surface area contributed by atoms with Crippen LogP contribution >= 0.6 is 0 Å². The van der Waals surface area contributed by atoms with Crippen molar-refractivity contribution in [2.45, 2.75) is 88.6 Å². The van der Waals surface area contributed by atoms with E-state index in [9.17, 15) is 39.6 Å². The largest absolute Gasteiger partial charge is 0.507 e. The number of ether oxygens (including phenoxy) is 4. The fourth-order valence-electron chi connectivity index (χ4n) is 6.28. The van der Waals surface area contributed by atoms with Gasteiger partial charge in [-0.05, 0) is 19.4 Å². The quantitative estimate of drug-likeness (QED) is 0.169. The normalized spacial score (nSPS) is 27.3. The summed E-state index contributed by atoms with van der Waals surface area (Å²) >= 11 is 0. The van der Waals surface area contributed by atoms with Crippen molar-refractivity contribution in [3.63, 3.8) is 0 Å². The number of aliphatic hydroxyl groups is 2. The van der Waals surface area contributed by atoms with Crippen molar-refractivity contribution >= 4 is 23.3 Å². The van der Waals surface area contributed by atoms with Crippen LogP contribution in [0.2, 0.25) is 0 Å². The molecule has 0 spiro atoms. The lowest BCUT2D eigenvalue weighted by molar-refractivity contribution is -0.247. The van der Waals surface area contributed by atoms with Gasteiger partial charge in [0.1, 0.15) is 22.8 Å². The van der Waals surface area contributed by atoms with E-state index in [1.807, 2.05) is 6.92 Å². The molecule has 0 unspecified atom stereocenters. The summed E-state index contributed by atoms with van der Waals surface area (Å²) in [7, 11) is 1.32. The Morgan fingerprint density at radius 2 is 1.82 bits per heavy atom. The van der Waals surface area contributed by atoms with Crippen molar-refractivity contribution in [2.75, 3.05) is 13.7 Å². The van der Waals surface area contributed by atoms with Crippen molar-refractivity contribution < 1.29 is 58.6 Å². The number of rotatable bonds is 9. The van der Waals surface area contributed by atoms with E-state index in [1.54, 1.807) is 6.92 Å². The van der Waals surface area contributed by atoms with Gasteiger partial charge in [-0.3, -0.25) is 19.2 Å². The van der Waals surface area contributed by atoms with E-state index in [-0.39, 0.29) is 40.8 Å². The Morgan fingerprint density at radius 3 is 2.49 bits per heavy atom. The number of ketones is 3. The third kappa shape index (κ3) is 5.70. The van der Waals surface area contributed by atoms with Crippen LogP contribution in [-0.4, -0.2) is 87.6 Å². The van der Waals surface area contributed by atoms with Gasteiger partial charge >= 0.3 is 5.97 Å². The first-order valence-electron chi connectivity index (χ1n) is 14.9. The second kappa shape index (κ2) is 12.5. The highest BCUT2D eigenvalue weighted by atomic mass is 16.7.